The molecule has 0 radical (unpaired) electrons. The van der Waals surface area contributed by atoms with Gasteiger partial charge in [-0.25, -0.2) is 9.07 Å². The first kappa shape index (κ1) is 14.4. The number of hydrogen-bond acceptors (Lipinski definition) is 5. The summed E-state index contributed by atoms with van der Waals surface area (Å²) >= 11 is 1.28. The van der Waals surface area contributed by atoms with Crippen molar-refractivity contribution in [2.75, 3.05) is 0 Å². The molecule has 1 atom stereocenters. The van der Waals surface area contributed by atoms with Gasteiger partial charge < -0.3 is 5.32 Å². The second kappa shape index (κ2) is 6.47. The minimum Gasteiger partial charge on any atom is -0.351 e. The Bertz CT molecular complexity index is 586. The van der Waals surface area contributed by atoms with Crippen LogP contribution in [0.15, 0.2) is 29.4 Å². The van der Waals surface area contributed by atoms with Crippen molar-refractivity contribution in [3.05, 3.63) is 35.6 Å². The topological polar surface area (TPSA) is 72.7 Å². The fourth-order valence-corrected chi connectivity index (χ4v) is 2.25. The number of nitrogens with zero attached hydrogens (tertiary/aromatic N) is 4. The normalized spacial score (nSPS) is 12.2. The molecule has 0 aliphatic rings. The predicted molar refractivity (Wildman–Crippen MR) is 72.4 cm³/mol. The SMILES string of the molecule is CC(Sc1nnnn1C)C(=O)NCc1ccc(F)cc1. The van der Waals surface area contributed by atoms with E-state index in [1.165, 1.54) is 28.6 Å². The zero-order valence-electron chi connectivity index (χ0n) is 11.1. The summed E-state index contributed by atoms with van der Waals surface area (Å²) in [5, 5.41) is 14.1. The summed E-state index contributed by atoms with van der Waals surface area (Å²) in [6.45, 7) is 2.14. The quantitative estimate of drug-likeness (QED) is 0.838. The van der Waals surface area contributed by atoms with Gasteiger partial charge in [0.25, 0.3) is 0 Å². The van der Waals surface area contributed by atoms with E-state index in [1.54, 1.807) is 26.1 Å². The van der Waals surface area contributed by atoms with E-state index in [4.69, 9.17) is 0 Å². The monoisotopic (exact) mass is 295 g/mol. The number of amides is 1. The van der Waals surface area contributed by atoms with Gasteiger partial charge in [-0.15, -0.1) is 5.10 Å². The van der Waals surface area contributed by atoms with Crippen molar-refractivity contribution < 1.29 is 9.18 Å². The van der Waals surface area contributed by atoms with Crippen LogP contribution in [-0.4, -0.2) is 31.4 Å². The van der Waals surface area contributed by atoms with Gasteiger partial charge >= 0.3 is 0 Å². The lowest BCUT2D eigenvalue weighted by molar-refractivity contribution is -0.120. The first-order valence-electron chi connectivity index (χ1n) is 5.97. The molecule has 106 valence electrons. The number of nitrogens with one attached hydrogen (secondary N) is 1. The summed E-state index contributed by atoms with van der Waals surface area (Å²) in [5.41, 5.74) is 0.845. The molecule has 0 saturated carbocycles. The summed E-state index contributed by atoms with van der Waals surface area (Å²) in [7, 11) is 1.71. The predicted octanol–water partition coefficient (Wildman–Crippen LogP) is 1.15. The van der Waals surface area contributed by atoms with Crippen molar-refractivity contribution in [1.29, 1.82) is 0 Å². The van der Waals surface area contributed by atoms with E-state index in [-0.39, 0.29) is 17.0 Å². The van der Waals surface area contributed by atoms with Gasteiger partial charge in [-0.2, -0.15) is 0 Å². The van der Waals surface area contributed by atoms with E-state index in [2.05, 4.69) is 20.8 Å². The molecule has 1 aromatic heterocycles. The molecule has 1 aromatic carbocycles. The number of aromatic nitrogens is 4. The second-order valence-electron chi connectivity index (χ2n) is 4.19. The van der Waals surface area contributed by atoms with E-state index >= 15 is 0 Å². The Morgan fingerprint density at radius 2 is 2.15 bits per heavy atom. The smallest absolute Gasteiger partial charge is 0.233 e. The molecule has 0 saturated heterocycles. The third-order valence-electron chi connectivity index (χ3n) is 2.61. The van der Waals surface area contributed by atoms with Gasteiger partial charge in [0.1, 0.15) is 5.82 Å². The molecule has 8 heteroatoms. The number of hydrogen-bond donors (Lipinski definition) is 1. The lowest BCUT2D eigenvalue weighted by Gasteiger charge is -2.10. The zero-order valence-corrected chi connectivity index (χ0v) is 11.9. The number of tetrazole rings is 1. The molecule has 2 aromatic rings. The van der Waals surface area contributed by atoms with E-state index < -0.39 is 0 Å². The standard InChI is InChI=1S/C12H14FN5OS/c1-8(20-12-15-16-17-18(12)2)11(19)14-7-9-3-5-10(13)6-4-9/h3-6,8H,7H2,1-2H3,(H,14,19). The van der Waals surface area contributed by atoms with Gasteiger partial charge in [-0.3, -0.25) is 4.79 Å². The summed E-state index contributed by atoms with van der Waals surface area (Å²) in [6, 6.07) is 6.01. The first-order valence-corrected chi connectivity index (χ1v) is 6.85. The van der Waals surface area contributed by atoms with Crippen LogP contribution in [0, 0.1) is 5.82 Å². The molecule has 0 aliphatic carbocycles. The van der Waals surface area contributed by atoms with Crippen LogP contribution < -0.4 is 5.32 Å². The molecular weight excluding hydrogens is 281 g/mol. The highest BCUT2D eigenvalue weighted by atomic mass is 32.2. The van der Waals surface area contributed by atoms with Gasteiger partial charge in [-0.05, 0) is 35.0 Å². The van der Waals surface area contributed by atoms with Gasteiger partial charge in [-0.1, -0.05) is 23.9 Å². The van der Waals surface area contributed by atoms with E-state index in [0.29, 0.717) is 11.7 Å². The molecule has 0 spiro atoms. The van der Waals surface area contributed by atoms with Crippen molar-refractivity contribution in [2.45, 2.75) is 23.9 Å². The van der Waals surface area contributed by atoms with Crippen LogP contribution in [0.2, 0.25) is 0 Å². The van der Waals surface area contributed by atoms with Gasteiger partial charge in [0, 0.05) is 13.6 Å². The van der Waals surface area contributed by atoms with E-state index in [0.717, 1.165) is 5.56 Å². The summed E-state index contributed by atoms with van der Waals surface area (Å²) in [6.07, 6.45) is 0. The molecule has 20 heavy (non-hydrogen) atoms. The van der Waals surface area contributed by atoms with Crippen LogP contribution in [0.25, 0.3) is 0 Å². The van der Waals surface area contributed by atoms with Crippen molar-refractivity contribution >= 4 is 17.7 Å². The molecule has 2 rings (SSSR count). The second-order valence-corrected chi connectivity index (χ2v) is 5.50. The maximum Gasteiger partial charge on any atom is 0.233 e. The van der Waals surface area contributed by atoms with Crippen molar-refractivity contribution in [3.8, 4) is 0 Å². The van der Waals surface area contributed by atoms with E-state index in [1.807, 2.05) is 0 Å². The Morgan fingerprint density at radius 3 is 2.75 bits per heavy atom. The zero-order chi connectivity index (χ0) is 14.5. The Hall–Kier alpha value is -1.96. The van der Waals surface area contributed by atoms with Crippen LogP contribution in [0.5, 0.6) is 0 Å². The molecular formula is C12H14FN5OS. The van der Waals surface area contributed by atoms with Gasteiger partial charge in [0.2, 0.25) is 11.1 Å². The third kappa shape index (κ3) is 3.77. The minimum absolute atomic E-state index is 0.123. The fourth-order valence-electron chi connectivity index (χ4n) is 1.47. The van der Waals surface area contributed by atoms with Crippen molar-refractivity contribution in [3.63, 3.8) is 0 Å². The largest absolute Gasteiger partial charge is 0.351 e. The number of rotatable bonds is 5. The maximum absolute atomic E-state index is 12.8. The number of carbonyl (C=O) groups is 1. The van der Waals surface area contributed by atoms with Gasteiger partial charge in [0.05, 0.1) is 5.25 Å². The molecule has 0 bridgehead atoms. The molecule has 1 amide bonds. The average molecular weight is 295 g/mol. The number of aryl methyl sites for hydroxylation is 1. The van der Waals surface area contributed by atoms with Crippen molar-refractivity contribution in [1.82, 2.24) is 25.5 Å². The molecule has 0 fully saturated rings. The van der Waals surface area contributed by atoms with Gasteiger partial charge in [0.15, 0.2) is 0 Å². The Labute approximate surface area is 119 Å². The van der Waals surface area contributed by atoms with Crippen LogP contribution in [0.3, 0.4) is 0 Å². The molecule has 0 aliphatic heterocycles. The molecule has 1 unspecified atom stereocenters. The molecule has 1 N–H and O–H groups in total. The van der Waals surface area contributed by atoms with E-state index in [9.17, 15) is 9.18 Å². The summed E-state index contributed by atoms with van der Waals surface area (Å²) in [4.78, 5) is 11.9. The third-order valence-corrected chi connectivity index (χ3v) is 3.74. The molecule has 6 nitrogen and oxygen atoms in total. The first-order chi connectivity index (χ1) is 9.56. The number of thioether (sulfide) groups is 1. The Kier molecular flexibility index (Phi) is 4.67. The highest BCUT2D eigenvalue weighted by Gasteiger charge is 2.17. The Morgan fingerprint density at radius 1 is 1.45 bits per heavy atom. The molecule has 1 heterocycles. The van der Waals surface area contributed by atoms with Crippen LogP contribution in [0.1, 0.15) is 12.5 Å². The average Bonchev–Trinajstić information content (AvgIpc) is 2.83. The number of benzene rings is 1. The highest BCUT2D eigenvalue weighted by molar-refractivity contribution is 8.00. The van der Waals surface area contributed by atoms with Crippen LogP contribution >= 0.6 is 11.8 Å². The Balaban J connectivity index is 1.85. The lowest BCUT2D eigenvalue weighted by Crippen LogP contribution is -2.30. The van der Waals surface area contributed by atoms with Crippen LogP contribution in [-0.2, 0) is 18.4 Å². The van der Waals surface area contributed by atoms with Crippen LogP contribution in [0.4, 0.5) is 4.39 Å². The maximum atomic E-state index is 12.8. The highest BCUT2D eigenvalue weighted by Crippen LogP contribution is 2.19. The summed E-state index contributed by atoms with van der Waals surface area (Å²) < 4.78 is 14.3. The number of carbonyl (C=O) groups excluding carboxylic acids is 1. The lowest BCUT2D eigenvalue weighted by atomic mass is 10.2. The fraction of sp³-hybridized carbons (Fsp3) is 0.333. The number of halogens is 1. The van der Waals surface area contributed by atoms with Crippen molar-refractivity contribution in [2.24, 2.45) is 7.05 Å². The minimum atomic E-state index is -0.319. The summed E-state index contributed by atoms with van der Waals surface area (Å²) in [5.74, 6) is -0.416.